The summed E-state index contributed by atoms with van der Waals surface area (Å²) < 4.78 is 10.8. The van der Waals surface area contributed by atoms with Gasteiger partial charge < -0.3 is 14.5 Å². The van der Waals surface area contributed by atoms with E-state index in [1.165, 1.54) is 5.69 Å². The van der Waals surface area contributed by atoms with E-state index in [2.05, 4.69) is 35.1 Å². The number of hydrogen-bond donors (Lipinski definition) is 1. The summed E-state index contributed by atoms with van der Waals surface area (Å²) in [5.41, 5.74) is 2.89. The first kappa shape index (κ1) is 15.6. The van der Waals surface area contributed by atoms with Gasteiger partial charge in [0.25, 0.3) is 0 Å². The van der Waals surface area contributed by atoms with Gasteiger partial charge in [-0.15, -0.1) is 10.2 Å². The highest BCUT2D eigenvalue weighted by atomic mass is 35.5. The first-order valence-electron chi connectivity index (χ1n) is 7.38. The Labute approximate surface area is 139 Å². The molecule has 0 bridgehead atoms. The van der Waals surface area contributed by atoms with E-state index in [1.807, 2.05) is 18.2 Å². The second kappa shape index (κ2) is 6.46. The van der Waals surface area contributed by atoms with Crippen LogP contribution in [0.3, 0.4) is 0 Å². The Bertz CT molecular complexity index is 813. The summed E-state index contributed by atoms with van der Waals surface area (Å²) >= 11 is 6.31. The molecular weight excluding hydrogens is 314 g/mol. The summed E-state index contributed by atoms with van der Waals surface area (Å²) in [6.45, 7) is 4.58. The molecule has 2 aromatic heterocycles. The van der Waals surface area contributed by atoms with Gasteiger partial charge in [-0.25, -0.2) is 0 Å². The standard InChI is InChI=1S/C17H18ClN3O2/c1-10(2)14-7-11-6-13(18)16(8-15(11)19-14)23-9-12-4-5-17(22-3)21-20-12/h4-8,10,19H,9H2,1-3H3. The number of aromatic amines is 1. The van der Waals surface area contributed by atoms with Crippen LogP contribution in [-0.2, 0) is 6.61 Å². The predicted molar refractivity (Wildman–Crippen MR) is 90.3 cm³/mol. The molecule has 0 aliphatic carbocycles. The minimum absolute atomic E-state index is 0.292. The zero-order valence-electron chi connectivity index (χ0n) is 13.3. The van der Waals surface area contributed by atoms with Crippen molar-refractivity contribution < 1.29 is 9.47 Å². The molecule has 0 saturated heterocycles. The molecule has 0 saturated carbocycles. The number of H-pyrrole nitrogens is 1. The van der Waals surface area contributed by atoms with Crippen LogP contribution < -0.4 is 9.47 Å². The summed E-state index contributed by atoms with van der Waals surface area (Å²) in [7, 11) is 1.55. The van der Waals surface area contributed by atoms with Crippen molar-refractivity contribution in [1.29, 1.82) is 0 Å². The van der Waals surface area contributed by atoms with E-state index < -0.39 is 0 Å². The van der Waals surface area contributed by atoms with Crippen molar-refractivity contribution in [2.24, 2.45) is 0 Å². The molecule has 2 heterocycles. The van der Waals surface area contributed by atoms with Crippen molar-refractivity contribution >= 4 is 22.5 Å². The lowest BCUT2D eigenvalue weighted by Gasteiger charge is -2.08. The fraction of sp³-hybridized carbons (Fsp3) is 0.294. The molecule has 1 aromatic carbocycles. The largest absolute Gasteiger partial charge is 0.486 e. The fourth-order valence-electron chi connectivity index (χ4n) is 2.26. The highest BCUT2D eigenvalue weighted by Gasteiger charge is 2.10. The minimum atomic E-state index is 0.292. The summed E-state index contributed by atoms with van der Waals surface area (Å²) in [5, 5.41) is 9.60. The highest BCUT2D eigenvalue weighted by Crippen LogP contribution is 2.32. The van der Waals surface area contributed by atoms with Crippen molar-refractivity contribution in [2.45, 2.75) is 26.4 Å². The first-order valence-corrected chi connectivity index (χ1v) is 7.76. The van der Waals surface area contributed by atoms with E-state index in [0.29, 0.717) is 34.9 Å². The SMILES string of the molecule is COc1ccc(COc2cc3[nH]c(C(C)C)cc3cc2Cl)nn1. The van der Waals surface area contributed by atoms with Crippen molar-refractivity contribution in [3.63, 3.8) is 0 Å². The summed E-state index contributed by atoms with van der Waals surface area (Å²) in [6.07, 6.45) is 0. The topological polar surface area (TPSA) is 60.0 Å². The van der Waals surface area contributed by atoms with Gasteiger partial charge in [-0.3, -0.25) is 0 Å². The van der Waals surface area contributed by atoms with Crippen LogP contribution in [0.4, 0.5) is 0 Å². The van der Waals surface area contributed by atoms with Crippen LogP contribution in [0.15, 0.2) is 30.3 Å². The molecule has 1 N–H and O–H groups in total. The molecule has 0 aliphatic rings. The lowest BCUT2D eigenvalue weighted by molar-refractivity contribution is 0.298. The van der Waals surface area contributed by atoms with Gasteiger partial charge in [0.05, 0.1) is 12.1 Å². The molecule has 0 spiro atoms. The Morgan fingerprint density at radius 2 is 2.00 bits per heavy atom. The van der Waals surface area contributed by atoms with Gasteiger partial charge in [0.15, 0.2) is 0 Å². The lowest BCUT2D eigenvalue weighted by Crippen LogP contribution is -2.01. The van der Waals surface area contributed by atoms with Gasteiger partial charge in [0.2, 0.25) is 5.88 Å². The molecule has 0 radical (unpaired) electrons. The van der Waals surface area contributed by atoms with Crippen molar-refractivity contribution in [2.75, 3.05) is 7.11 Å². The van der Waals surface area contributed by atoms with Gasteiger partial charge in [0.1, 0.15) is 18.1 Å². The van der Waals surface area contributed by atoms with Crippen molar-refractivity contribution in [1.82, 2.24) is 15.2 Å². The lowest BCUT2D eigenvalue weighted by atomic mass is 10.1. The Hall–Kier alpha value is -2.27. The van der Waals surface area contributed by atoms with Crippen LogP contribution in [0.1, 0.15) is 31.2 Å². The number of benzene rings is 1. The molecule has 23 heavy (non-hydrogen) atoms. The Morgan fingerprint density at radius 1 is 1.17 bits per heavy atom. The molecular formula is C17H18ClN3O2. The molecule has 3 aromatic rings. The van der Waals surface area contributed by atoms with E-state index in [0.717, 1.165) is 10.9 Å². The molecule has 0 atom stereocenters. The normalized spacial score (nSPS) is 11.2. The number of halogens is 1. The third kappa shape index (κ3) is 3.40. The highest BCUT2D eigenvalue weighted by molar-refractivity contribution is 6.32. The summed E-state index contributed by atoms with van der Waals surface area (Å²) in [5.74, 6) is 1.52. The second-order valence-corrected chi connectivity index (χ2v) is 6.01. The summed E-state index contributed by atoms with van der Waals surface area (Å²) in [6, 6.07) is 9.50. The molecule has 0 aliphatic heterocycles. The smallest absolute Gasteiger partial charge is 0.233 e. The molecule has 5 nitrogen and oxygen atoms in total. The van der Waals surface area contributed by atoms with Crippen LogP contribution in [0, 0.1) is 0 Å². The number of hydrogen-bond acceptors (Lipinski definition) is 4. The third-order valence-corrected chi connectivity index (χ3v) is 3.89. The van der Waals surface area contributed by atoms with Gasteiger partial charge in [0, 0.05) is 28.7 Å². The predicted octanol–water partition coefficient (Wildman–Crippen LogP) is 4.32. The summed E-state index contributed by atoms with van der Waals surface area (Å²) in [4.78, 5) is 3.39. The van der Waals surface area contributed by atoms with Crippen LogP contribution >= 0.6 is 11.6 Å². The fourth-order valence-corrected chi connectivity index (χ4v) is 2.49. The number of rotatable bonds is 5. The minimum Gasteiger partial charge on any atom is -0.486 e. The number of ether oxygens (including phenoxy) is 2. The van der Waals surface area contributed by atoms with E-state index in [1.54, 1.807) is 13.2 Å². The monoisotopic (exact) mass is 331 g/mol. The van der Waals surface area contributed by atoms with Crippen molar-refractivity contribution in [3.8, 4) is 11.6 Å². The molecule has 120 valence electrons. The quantitative estimate of drug-likeness (QED) is 0.756. The third-order valence-electron chi connectivity index (χ3n) is 3.60. The zero-order chi connectivity index (χ0) is 16.4. The van der Waals surface area contributed by atoms with Gasteiger partial charge >= 0.3 is 0 Å². The number of nitrogens with one attached hydrogen (secondary N) is 1. The number of aromatic nitrogens is 3. The average molecular weight is 332 g/mol. The van der Waals surface area contributed by atoms with E-state index in [-0.39, 0.29) is 0 Å². The van der Waals surface area contributed by atoms with Gasteiger partial charge in [-0.2, -0.15) is 0 Å². The number of methoxy groups -OCH3 is 1. The average Bonchev–Trinajstić information content (AvgIpc) is 2.96. The number of fused-ring (bicyclic) bond motifs is 1. The van der Waals surface area contributed by atoms with Gasteiger partial charge in [-0.05, 0) is 24.1 Å². The van der Waals surface area contributed by atoms with Crippen LogP contribution in [0.2, 0.25) is 5.02 Å². The van der Waals surface area contributed by atoms with Crippen LogP contribution in [-0.4, -0.2) is 22.3 Å². The van der Waals surface area contributed by atoms with E-state index >= 15 is 0 Å². The van der Waals surface area contributed by atoms with Crippen molar-refractivity contribution in [3.05, 3.63) is 46.7 Å². The van der Waals surface area contributed by atoms with Gasteiger partial charge in [-0.1, -0.05) is 25.4 Å². The molecule has 0 unspecified atom stereocenters. The number of nitrogens with zero attached hydrogens (tertiary/aromatic N) is 2. The zero-order valence-corrected chi connectivity index (χ0v) is 14.0. The van der Waals surface area contributed by atoms with E-state index in [4.69, 9.17) is 21.1 Å². The Morgan fingerprint density at radius 3 is 2.65 bits per heavy atom. The molecule has 0 amide bonds. The molecule has 0 fully saturated rings. The van der Waals surface area contributed by atoms with Crippen LogP contribution in [0.5, 0.6) is 11.6 Å². The molecule has 6 heteroatoms. The maximum atomic E-state index is 6.31. The Kier molecular flexibility index (Phi) is 4.39. The van der Waals surface area contributed by atoms with Crippen LogP contribution in [0.25, 0.3) is 10.9 Å². The first-order chi connectivity index (χ1) is 11.1. The Balaban J connectivity index is 1.79. The maximum absolute atomic E-state index is 6.31. The molecule has 3 rings (SSSR count). The second-order valence-electron chi connectivity index (χ2n) is 5.60. The maximum Gasteiger partial charge on any atom is 0.233 e. The van der Waals surface area contributed by atoms with E-state index in [9.17, 15) is 0 Å².